The molecular weight excluding hydrogens is 332 g/mol. The topological polar surface area (TPSA) is 67.7 Å². The molecule has 0 N–H and O–H groups in total. The van der Waals surface area contributed by atoms with Gasteiger partial charge in [-0.2, -0.15) is 0 Å². The predicted octanol–water partition coefficient (Wildman–Crippen LogP) is 1.64. The van der Waals surface area contributed by atoms with Crippen LogP contribution >= 0.6 is 0 Å². The molecule has 0 unspecified atom stereocenters. The van der Waals surface area contributed by atoms with Crippen LogP contribution in [0.5, 0.6) is 5.88 Å². The van der Waals surface area contributed by atoms with Gasteiger partial charge in [0.1, 0.15) is 0 Å². The molecule has 2 aromatic rings. The van der Waals surface area contributed by atoms with Crippen molar-refractivity contribution in [2.24, 2.45) is 0 Å². The normalized spacial score (nSPS) is 15.7. The zero-order valence-electron chi connectivity index (χ0n) is 15.4. The van der Waals surface area contributed by atoms with Gasteiger partial charge in [-0.05, 0) is 26.0 Å². The van der Waals surface area contributed by atoms with E-state index in [9.17, 15) is 9.59 Å². The van der Waals surface area contributed by atoms with Crippen LogP contribution in [0, 0.1) is 6.92 Å². The number of piperazine rings is 1. The van der Waals surface area contributed by atoms with Crippen LogP contribution in [0.2, 0.25) is 0 Å². The third-order valence-corrected chi connectivity index (χ3v) is 4.55. The van der Waals surface area contributed by atoms with Gasteiger partial charge in [-0.1, -0.05) is 18.2 Å². The summed E-state index contributed by atoms with van der Waals surface area (Å²) in [4.78, 5) is 27.5. The van der Waals surface area contributed by atoms with Gasteiger partial charge in [0.2, 0.25) is 11.8 Å². The third-order valence-electron chi connectivity index (χ3n) is 4.55. The molecule has 1 aliphatic rings. The lowest BCUT2D eigenvalue weighted by Crippen LogP contribution is -2.52. The Morgan fingerprint density at radius 2 is 1.69 bits per heavy atom. The van der Waals surface area contributed by atoms with E-state index in [-0.39, 0.29) is 11.8 Å². The zero-order valence-corrected chi connectivity index (χ0v) is 15.4. The van der Waals surface area contributed by atoms with Crippen LogP contribution in [0.1, 0.15) is 19.4 Å². The Labute approximate surface area is 153 Å². The Morgan fingerprint density at radius 1 is 1.08 bits per heavy atom. The molecule has 1 aromatic heterocycles. The van der Waals surface area contributed by atoms with E-state index >= 15 is 0 Å². The molecular formula is C19H24N4O3. The van der Waals surface area contributed by atoms with E-state index in [1.165, 1.54) is 0 Å². The number of aromatic nitrogens is 2. The minimum absolute atomic E-state index is 0.0449. The van der Waals surface area contributed by atoms with Gasteiger partial charge in [-0.3, -0.25) is 9.59 Å². The van der Waals surface area contributed by atoms with E-state index < -0.39 is 6.10 Å². The minimum atomic E-state index is -0.628. The van der Waals surface area contributed by atoms with Crippen LogP contribution in [0.25, 0.3) is 5.69 Å². The second kappa shape index (κ2) is 7.59. The van der Waals surface area contributed by atoms with E-state index in [0.29, 0.717) is 32.1 Å². The highest BCUT2D eigenvalue weighted by atomic mass is 16.5. The summed E-state index contributed by atoms with van der Waals surface area (Å²) in [6, 6.07) is 9.75. The van der Waals surface area contributed by atoms with Gasteiger partial charge in [0.25, 0.3) is 5.91 Å². The van der Waals surface area contributed by atoms with Crippen molar-refractivity contribution >= 4 is 11.8 Å². The van der Waals surface area contributed by atoms with Gasteiger partial charge in [0.05, 0.1) is 5.69 Å². The number of hydrogen-bond donors (Lipinski definition) is 0. The summed E-state index contributed by atoms with van der Waals surface area (Å²) in [5.41, 5.74) is 1.81. The van der Waals surface area contributed by atoms with E-state index in [1.807, 2.05) is 43.5 Å². The molecule has 2 heterocycles. The van der Waals surface area contributed by atoms with Crippen molar-refractivity contribution < 1.29 is 14.3 Å². The average molecular weight is 356 g/mol. The summed E-state index contributed by atoms with van der Waals surface area (Å²) in [6.07, 6.45) is 1.25. The van der Waals surface area contributed by atoms with E-state index in [2.05, 4.69) is 5.10 Å². The first kappa shape index (κ1) is 18.0. The lowest BCUT2D eigenvalue weighted by Gasteiger charge is -2.35. The minimum Gasteiger partial charge on any atom is -0.463 e. The first-order valence-electron chi connectivity index (χ1n) is 8.78. The van der Waals surface area contributed by atoms with Crippen LogP contribution in [0.4, 0.5) is 0 Å². The van der Waals surface area contributed by atoms with E-state index in [0.717, 1.165) is 11.3 Å². The molecule has 3 rings (SSSR count). The summed E-state index contributed by atoms with van der Waals surface area (Å²) in [5, 5.41) is 4.45. The SMILES string of the molecule is CC(=O)N1CCN(C(=O)[C@H](C)Oc2nn(-c3ccccc3)cc2C)CC1. The maximum atomic E-state index is 12.6. The smallest absolute Gasteiger partial charge is 0.263 e. The largest absolute Gasteiger partial charge is 0.463 e. The number of amides is 2. The lowest BCUT2D eigenvalue weighted by atomic mass is 10.2. The van der Waals surface area contributed by atoms with Crippen LogP contribution in [0.3, 0.4) is 0 Å². The number of carbonyl (C=O) groups excluding carboxylic acids is 2. The molecule has 26 heavy (non-hydrogen) atoms. The third kappa shape index (κ3) is 3.87. The number of rotatable bonds is 4. The van der Waals surface area contributed by atoms with Crippen molar-refractivity contribution in [1.82, 2.24) is 19.6 Å². The zero-order chi connectivity index (χ0) is 18.7. The first-order chi connectivity index (χ1) is 12.5. The number of benzene rings is 1. The molecule has 0 spiro atoms. The van der Waals surface area contributed by atoms with Crippen molar-refractivity contribution in [3.05, 3.63) is 42.1 Å². The molecule has 7 heteroatoms. The van der Waals surface area contributed by atoms with Crippen LogP contribution in [-0.4, -0.2) is 63.7 Å². The van der Waals surface area contributed by atoms with Crippen molar-refractivity contribution in [3.8, 4) is 11.6 Å². The van der Waals surface area contributed by atoms with Gasteiger partial charge in [-0.15, -0.1) is 5.10 Å². The predicted molar refractivity (Wildman–Crippen MR) is 97.2 cm³/mol. The number of para-hydroxylation sites is 1. The van der Waals surface area contributed by atoms with Crippen LogP contribution in [0.15, 0.2) is 36.5 Å². The fraction of sp³-hybridized carbons (Fsp3) is 0.421. The maximum absolute atomic E-state index is 12.6. The molecule has 1 atom stereocenters. The maximum Gasteiger partial charge on any atom is 0.263 e. The standard InChI is InChI=1S/C19H24N4O3/c1-14-13-23(17-7-5-4-6-8-17)20-18(14)26-15(2)19(25)22-11-9-21(10-12-22)16(3)24/h4-8,13,15H,9-12H2,1-3H3/t15-/m0/s1. The Kier molecular flexibility index (Phi) is 5.25. The summed E-state index contributed by atoms with van der Waals surface area (Å²) < 4.78 is 7.58. The quantitative estimate of drug-likeness (QED) is 0.835. The summed E-state index contributed by atoms with van der Waals surface area (Å²) >= 11 is 0. The van der Waals surface area contributed by atoms with Crippen LogP contribution < -0.4 is 4.74 Å². The number of hydrogen-bond acceptors (Lipinski definition) is 4. The van der Waals surface area contributed by atoms with Crippen molar-refractivity contribution in [2.45, 2.75) is 26.9 Å². The monoisotopic (exact) mass is 356 g/mol. The molecule has 7 nitrogen and oxygen atoms in total. The summed E-state index contributed by atoms with van der Waals surface area (Å²) in [5.74, 6) is 0.419. The lowest BCUT2D eigenvalue weighted by molar-refractivity contribution is -0.143. The summed E-state index contributed by atoms with van der Waals surface area (Å²) in [6.45, 7) is 7.39. The fourth-order valence-corrected chi connectivity index (χ4v) is 2.99. The van der Waals surface area contributed by atoms with Crippen molar-refractivity contribution in [3.63, 3.8) is 0 Å². The number of nitrogens with zero attached hydrogens (tertiary/aromatic N) is 4. The molecule has 1 aromatic carbocycles. The fourth-order valence-electron chi connectivity index (χ4n) is 2.99. The van der Waals surface area contributed by atoms with E-state index in [4.69, 9.17) is 4.74 Å². The highest BCUT2D eigenvalue weighted by molar-refractivity contribution is 5.81. The first-order valence-corrected chi connectivity index (χ1v) is 8.78. The molecule has 2 amide bonds. The van der Waals surface area contributed by atoms with Crippen molar-refractivity contribution in [1.29, 1.82) is 0 Å². The molecule has 1 aliphatic heterocycles. The number of carbonyl (C=O) groups is 2. The average Bonchev–Trinajstić information content (AvgIpc) is 3.02. The van der Waals surface area contributed by atoms with Gasteiger partial charge in [0, 0.05) is 44.9 Å². The molecule has 0 bridgehead atoms. The Balaban J connectivity index is 1.63. The van der Waals surface area contributed by atoms with Gasteiger partial charge in [-0.25, -0.2) is 4.68 Å². The molecule has 0 aliphatic carbocycles. The second-order valence-electron chi connectivity index (χ2n) is 6.49. The van der Waals surface area contributed by atoms with Crippen LogP contribution in [-0.2, 0) is 9.59 Å². The number of ether oxygens (including phenoxy) is 1. The molecule has 0 saturated carbocycles. The highest BCUT2D eigenvalue weighted by Crippen LogP contribution is 2.19. The Morgan fingerprint density at radius 3 is 2.31 bits per heavy atom. The van der Waals surface area contributed by atoms with Gasteiger partial charge in [0.15, 0.2) is 6.10 Å². The molecule has 1 saturated heterocycles. The highest BCUT2D eigenvalue weighted by Gasteiger charge is 2.27. The second-order valence-corrected chi connectivity index (χ2v) is 6.49. The molecule has 1 fully saturated rings. The Bertz CT molecular complexity index is 779. The summed E-state index contributed by atoms with van der Waals surface area (Å²) in [7, 11) is 0. The van der Waals surface area contributed by atoms with Gasteiger partial charge >= 0.3 is 0 Å². The number of aryl methyl sites for hydroxylation is 1. The molecule has 138 valence electrons. The van der Waals surface area contributed by atoms with Crippen molar-refractivity contribution in [2.75, 3.05) is 26.2 Å². The molecule has 0 radical (unpaired) electrons. The Hall–Kier alpha value is -2.83. The van der Waals surface area contributed by atoms with E-state index in [1.54, 1.807) is 28.3 Å². The van der Waals surface area contributed by atoms with Gasteiger partial charge < -0.3 is 14.5 Å².